The van der Waals surface area contributed by atoms with E-state index < -0.39 is 0 Å². The number of piperidine rings is 2. The number of hydrogen-bond donors (Lipinski definition) is 1. The largest absolute Gasteiger partial charge is 0.338 e. The summed E-state index contributed by atoms with van der Waals surface area (Å²) >= 11 is 6.46. The lowest BCUT2D eigenvalue weighted by Crippen LogP contribution is -2.61. The molecule has 2 aromatic carbocycles. The Morgan fingerprint density at radius 2 is 1.94 bits per heavy atom. The van der Waals surface area contributed by atoms with E-state index in [4.69, 9.17) is 11.6 Å². The van der Waals surface area contributed by atoms with Crippen LogP contribution in [0.25, 0.3) is 0 Å². The number of nitrogens with one attached hydrogen (secondary N) is 1. The minimum absolute atomic E-state index is 0.00826. The van der Waals surface area contributed by atoms with Gasteiger partial charge in [-0.3, -0.25) is 4.79 Å². The SMILES string of the molecule is O=C1[C@H]2CCCN(C(=O)NCCc3ccccc3)[C@H]2C[C@H]2c3cccc(Cl)c3CCN12. The van der Waals surface area contributed by atoms with Gasteiger partial charge >= 0.3 is 6.03 Å². The first-order chi connectivity index (χ1) is 15.1. The van der Waals surface area contributed by atoms with E-state index >= 15 is 0 Å². The Hall–Kier alpha value is -2.53. The molecule has 0 aromatic heterocycles. The molecular weight excluding hydrogens is 410 g/mol. The molecule has 3 amide bonds. The molecule has 31 heavy (non-hydrogen) atoms. The highest BCUT2D eigenvalue weighted by molar-refractivity contribution is 6.31. The lowest BCUT2D eigenvalue weighted by atomic mass is 9.76. The predicted octanol–water partition coefficient (Wildman–Crippen LogP) is 4.20. The molecule has 0 bridgehead atoms. The molecule has 3 aliphatic heterocycles. The van der Waals surface area contributed by atoms with Gasteiger partial charge in [-0.05, 0) is 54.9 Å². The van der Waals surface area contributed by atoms with Gasteiger partial charge in [-0.25, -0.2) is 4.79 Å². The van der Waals surface area contributed by atoms with Crippen LogP contribution in [0.2, 0.25) is 5.02 Å². The van der Waals surface area contributed by atoms with Crippen molar-refractivity contribution in [3.05, 3.63) is 70.2 Å². The molecule has 0 unspecified atom stereocenters. The second-order valence-corrected chi connectivity index (χ2v) is 9.22. The van der Waals surface area contributed by atoms with Crippen molar-refractivity contribution in [3.8, 4) is 0 Å². The maximum atomic E-state index is 13.4. The Kier molecular flexibility index (Phi) is 5.61. The average Bonchev–Trinajstić information content (AvgIpc) is 2.80. The highest BCUT2D eigenvalue weighted by Crippen LogP contribution is 2.44. The highest BCUT2D eigenvalue weighted by Gasteiger charge is 2.48. The van der Waals surface area contributed by atoms with Crippen molar-refractivity contribution in [2.75, 3.05) is 19.6 Å². The van der Waals surface area contributed by atoms with Gasteiger partial charge < -0.3 is 15.1 Å². The zero-order chi connectivity index (χ0) is 21.4. The standard InChI is InChI=1S/C25H28ClN3O2/c26-21-10-4-8-19-18(21)12-15-28-22(19)16-23-20(24(28)30)9-5-14-29(23)25(31)27-13-11-17-6-2-1-3-7-17/h1-4,6-8,10,20,22-23H,5,9,11-16H2,(H,27,31)/t20-,22-,23-/m0/s1. The Labute approximate surface area is 188 Å². The third kappa shape index (κ3) is 3.80. The van der Waals surface area contributed by atoms with Gasteiger partial charge in [0, 0.05) is 30.7 Å². The summed E-state index contributed by atoms with van der Waals surface area (Å²) in [7, 11) is 0. The third-order valence-electron chi connectivity index (χ3n) is 7.13. The smallest absolute Gasteiger partial charge is 0.317 e. The first-order valence-corrected chi connectivity index (χ1v) is 11.7. The lowest BCUT2D eigenvalue weighted by molar-refractivity contribution is -0.148. The third-order valence-corrected chi connectivity index (χ3v) is 7.48. The number of halogens is 1. The van der Waals surface area contributed by atoms with Crippen molar-refractivity contribution in [1.29, 1.82) is 0 Å². The molecule has 0 aliphatic carbocycles. The maximum absolute atomic E-state index is 13.4. The molecule has 1 N–H and O–H groups in total. The fraction of sp³-hybridized carbons (Fsp3) is 0.440. The van der Waals surface area contributed by atoms with E-state index in [2.05, 4.69) is 23.5 Å². The van der Waals surface area contributed by atoms with Crippen LogP contribution < -0.4 is 5.32 Å². The first-order valence-electron chi connectivity index (χ1n) is 11.3. The number of amides is 3. The van der Waals surface area contributed by atoms with Crippen LogP contribution >= 0.6 is 11.6 Å². The Balaban J connectivity index is 1.32. The average molecular weight is 438 g/mol. The van der Waals surface area contributed by atoms with E-state index in [0.29, 0.717) is 19.6 Å². The van der Waals surface area contributed by atoms with Crippen molar-refractivity contribution >= 4 is 23.5 Å². The number of fused-ring (bicyclic) bond motifs is 4. The Morgan fingerprint density at radius 1 is 1.10 bits per heavy atom. The minimum atomic E-state index is -0.0920. The van der Waals surface area contributed by atoms with Crippen LogP contribution in [0, 0.1) is 5.92 Å². The van der Waals surface area contributed by atoms with Crippen LogP contribution in [0.15, 0.2) is 48.5 Å². The summed E-state index contributed by atoms with van der Waals surface area (Å²) in [4.78, 5) is 30.4. The molecule has 162 valence electrons. The molecule has 3 heterocycles. The number of nitrogens with zero attached hydrogens (tertiary/aromatic N) is 2. The Bertz CT molecular complexity index is 980. The summed E-state index contributed by atoms with van der Waals surface area (Å²) in [5.74, 6) is 0.110. The monoisotopic (exact) mass is 437 g/mol. The number of carbonyl (C=O) groups is 2. The fourth-order valence-corrected chi connectivity index (χ4v) is 5.89. The lowest BCUT2D eigenvalue weighted by Gasteiger charge is -2.51. The topological polar surface area (TPSA) is 52.7 Å². The summed E-state index contributed by atoms with van der Waals surface area (Å²) in [6.45, 7) is 2.02. The van der Waals surface area contributed by atoms with Gasteiger partial charge in [0.15, 0.2) is 0 Å². The molecule has 0 radical (unpaired) electrons. The van der Waals surface area contributed by atoms with Crippen LogP contribution in [-0.4, -0.2) is 47.4 Å². The van der Waals surface area contributed by atoms with Crippen LogP contribution in [0.5, 0.6) is 0 Å². The van der Waals surface area contributed by atoms with Gasteiger partial charge in [-0.2, -0.15) is 0 Å². The van der Waals surface area contributed by atoms with E-state index in [1.807, 2.05) is 40.1 Å². The van der Waals surface area contributed by atoms with Crippen molar-refractivity contribution < 1.29 is 9.59 Å². The molecule has 3 aliphatic rings. The van der Waals surface area contributed by atoms with Crippen molar-refractivity contribution in [2.24, 2.45) is 5.92 Å². The molecule has 2 fully saturated rings. The van der Waals surface area contributed by atoms with Gasteiger partial charge in [0.2, 0.25) is 5.91 Å². The number of carbonyl (C=O) groups excluding carboxylic acids is 2. The molecule has 2 saturated heterocycles. The second kappa shape index (κ2) is 8.54. The summed E-state index contributed by atoms with van der Waals surface area (Å²) in [5.41, 5.74) is 3.52. The van der Waals surface area contributed by atoms with Gasteiger partial charge in [-0.1, -0.05) is 54.1 Å². The van der Waals surface area contributed by atoms with E-state index in [-0.39, 0.29) is 29.9 Å². The molecule has 5 rings (SSSR count). The summed E-state index contributed by atoms with van der Waals surface area (Å²) < 4.78 is 0. The van der Waals surface area contributed by atoms with E-state index in [9.17, 15) is 9.59 Å². The van der Waals surface area contributed by atoms with E-state index in [1.54, 1.807) is 0 Å². The zero-order valence-corrected chi connectivity index (χ0v) is 18.4. The molecule has 5 nitrogen and oxygen atoms in total. The highest BCUT2D eigenvalue weighted by atomic mass is 35.5. The second-order valence-electron chi connectivity index (χ2n) is 8.82. The zero-order valence-electron chi connectivity index (χ0n) is 17.6. The van der Waals surface area contributed by atoms with E-state index in [1.165, 1.54) is 5.56 Å². The molecule has 0 saturated carbocycles. The molecule has 0 spiro atoms. The number of likely N-dealkylation sites (tertiary alicyclic amines) is 1. The summed E-state index contributed by atoms with van der Waals surface area (Å²) in [5, 5.41) is 3.87. The molecule has 2 aromatic rings. The van der Waals surface area contributed by atoms with Crippen molar-refractivity contribution in [1.82, 2.24) is 15.1 Å². The summed E-state index contributed by atoms with van der Waals surface area (Å²) in [6, 6.07) is 16.1. The Morgan fingerprint density at radius 3 is 2.77 bits per heavy atom. The van der Waals surface area contributed by atoms with Crippen LogP contribution in [0.1, 0.15) is 42.0 Å². The number of urea groups is 1. The van der Waals surface area contributed by atoms with Crippen molar-refractivity contribution in [3.63, 3.8) is 0 Å². The molecule has 6 heteroatoms. The van der Waals surface area contributed by atoms with Crippen molar-refractivity contribution in [2.45, 2.75) is 44.2 Å². The normalized spacial score (nSPS) is 24.8. The van der Waals surface area contributed by atoms with Crippen LogP contribution in [-0.2, 0) is 17.6 Å². The minimum Gasteiger partial charge on any atom is -0.338 e. The van der Waals surface area contributed by atoms with Gasteiger partial charge in [-0.15, -0.1) is 0 Å². The number of hydrogen-bond acceptors (Lipinski definition) is 2. The number of benzene rings is 2. The first kappa shape index (κ1) is 20.4. The van der Waals surface area contributed by atoms with Crippen LogP contribution in [0.3, 0.4) is 0 Å². The summed E-state index contributed by atoms with van der Waals surface area (Å²) in [6.07, 6.45) is 4.13. The predicted molar refractivity (Wildman–Crippen MR) is 121 cm³/mol. The molecule has 3 atom stereocenters. The van der Waals surface area contributed by atoms with Gasteiger partial charge in [0.05, 0.1) is 12.0 Å². The fourth-order valence-electron chi connectivity index (χ4n) is 5.62. The maximum Gasteiger partial charge on any atom is 0.317 e. The number of rotatable bonds is 3. The quantitative estimate of drug-likeness (QED) is 0.782. The van der Waals surface area contributed by atoms with E-state index in [0.717, 1.165) is 48.3 Å². The van der Waals surface area contributed by atoms with Gasteiger partial charge in [0.25, 0.3) is 0 Å². The molecular formula is C25H28ClN3O2. The van der Waals surface area contributed by atoms with Crippen LogP contribution in [0.4, 0.5) is 4.79 Å². The van der Waals surface area contributed by atoms with Gasteiger partial charge in [0.1, 0.15) is 0 Å².